The van der Waals surface area contributed by atoms with Crippen LogP contribution in [0.15, 0.2) is 30.5 Å². The van der Waals surface area contributed by atoms with Gasteiger partial charge in [-0.2, -0.15) is 5.10 Å². The van der Waals surface area contributed by atoms with E-state index in [9.17, 15) is 4.39 Å². The average molecular weight is 261 g/mol. The fraction of sp³-hybridized carbons (Fsp3) is 0.400. The molecule has 102 valence electrons. The summed E-state index contributed by atoms with van der Waals surface area (Å²) in [4.78, 5) is 0. The third-order valence-corrected chi connectivity index (χ3v) is 3.35. The molecule has 0 aliphatic carbocycles. The quantitative estimate of drug-likeness (QED) is 0.884. The molecule has 1 heterocycles. The molecule has 0 radical (unpaired) electrons. The first-order chi connectivity index (χ1) is 9.10. The number of rotatable bonds is 5. The molecule has 4 heteroatoms. The molecule has 3 nitrogen and oxygen atoms in total. The van der Waals surface area contributed by atoms with Crippen molar-refractivity contribution in [2.24, 2.45) is 0 Å². The van der Waals surface area contributed by atoms with Crippen molar-refractivity contribution >= 4 is 5.69 Å². The molecule has 0 aliphatic rings. The Morgan fingerprint density at radius 2 is 2.16 bits per heavy atom. The maximum Gasteiger partial charge on any atom is 0.128 e. The first-order valence-corrected chi connectivity index (χ1v) is 6.64. The average Bonchev–Trinajstić information content (AvgIpc) is 2.88. The molecule has 2 rings (SSSR count). The molecule has 1 aromatic carbocycles. The number of nitrogens with one attached hydrogen (secondary N) is 1. The Hall–Kier alpha value is -1.84. The minimum atomic E-state index is -0.185. The number of nitrogens with zero attached hydrogens (tertiary/aromatic N) is 2. The van der Waals surface area contributed by atoms with E-state index in [1.165, 1.54) is 6.07 Å². The Morgan fingerprint density at radius 1 is 1.37 bits per heavy atom. The normalized spacial score (nSPS) is 12.4. The molecule has 1 aromatic heterocycles. The molecule has 1 atom stereocenters. The highest BCUT2D eigenvalue weighted by molar-refractivity contribution is 5.45. The Labute approximate surface area is 113 Å². The fourth-order valence-electron chi connectivity index (χ4n) is 1.80. The van der Waals surface area contributed by atoms with Gasteiger partial charge in [0.2, 0.25) is 0 Å². The van der Waals surface area contributed by atoms with Crippen LogP contribution >= 0.6 is 0 Å². The zero-order valence-corrected chi connectivity index (χ0v) is 11.7. The molecule has 0 spiro atoms. The smallest absolute Gasteiger partial charge is 0.128 e. The molecular weight excluding hydrogens is 241 g/mol. The van der Waals surface area contributed by atoms with Crippen molar-refractivity contribution in [2.75, 3.05) is 5.32 Å². The lowest BCUT2D eigenvalue weighted by molar-refractivity contribution is 0.474. The van der Waals surface area contributed by atoms with E-state index in [-0.39, 0.29) is 5.82 Å². The van der Waals surface area contributed by atoms with Crippen LogP contribution in [0.2, 0.25) is 0 Å². The minimum absolute atomic E-state index is 0.185. The third kappa shape index (κ3) is 3.34. The van der Waals surface area contributed by atoms with Crippen molar-refractivity contribution in [2.45, 2.75) is 39.8 Å². The van der Waals surface area contributed by atoms with Gasteiger partial charge < -0.3 is 5.32 Å². The zero-order valence-electron chi connectivity index (χ0n) is 11.7. The van der Waals surface area contributed by atoms with Gasteiger partial charge >= 0.3 is 0 Å². The highest BCUT2D eigenvalue weighted by Gasteiger charge is 2.05. The van der Waals surface area contributed by atoms with Crippen LogP contribution in [0, 0.1) is 12.7 Å². The molecular formula is C15H20FN3. The molecule has 0 bridgehead atoms. The number of aryl methyl sites for hydroxylation is 1. The second-order valence-corrected chi connectivity index (χ2v) is 4.86. The van der Waals surface area contributed by atoms with Crippen molar-refractivity contribution in [1.82, 2.24) is 9.78 Å². The van der Waals surface area contributed by atoms with Crippen LogP contribution in [0.25, 0.3) is 0 Å². The SMILES string of the molecule is CCC(C)n1ccc(CNc2ccc(C)c(F)c2)n1. The van der Waals surface area contributed by atoms with Gasteiger partial charge in [-0.05, 0) is 44.0 Å². The summed E-state index contributed by atoms with van der Waals surface area (Å²) in [6.45, 7) is 6.64. The van der Waals surface area contributed by atoms with Gasteiger partial charge in [0.15, 0.2) is 0 Å². The van der Waals surface area contributed by atoms with E-state index in [4.69, 9.17) is 0 Å². The first kappa shape index (κ1) is 13.6. The second kappa shape index (κ2) is 5.87. The van der Waals surface area contributed by atoms with E-state index < -0.39 is 0 Å². The molecule has 1 N–H and O–H groups in total. The lowest BCUT2D eigenvalue weighted by Gasteiger charge is -2.09. The van der Waals surface area contributed by atoms with Crippen molar-refractivity contribution in [3.05, 3.63) is 47.5 Å². The highest BCUT2D eigenvalue weighted by atomic mass is 19.1. The van der Waals surface area contributed by atoms with E-state index in [0.717, 1.165) is 17.8 Å². The van der Waals surface area contributed by atoms with Crippen molar-refractivity contribution in [3.8, 4) is 0 Å². The maximum atomic E-state index is 13.4. The highest BCUT2D eigenvalue weighted by Crippen LogP contribution is 2.15. The Balaban J connectivity index is 1.98. The van der Waals surface area contributed by atoms with Crippen LogP contribution < -0.4 is 5.32 Å². The van der Waals surface area contributed by atoms with Crippen molar-refractivity contribution in [1.29, 1.82) is 0 Å². The molecule has 0 aliphatic heterocycles. The summed E-state index contributed by atoms with van der Waals surface area (Å²) in [6.07, 6.45) is 3.04. The Kier molecular flexibility index (Phi) is 4.20. The zero-order chi connectivity index (χ0) is 13.8. The van der Waals surface area contributed by atoms with Gasteiger partial charge in [0.25, 0.3) is 0 Å². The largest absolute Gasteiger partial charge is 0.379 e. The number of hydrogen-bond donors (Lipinski definition) is 1. The van der Waals surface area contributed by atoms with Crippen LogP contribution in [-0.2, 0) is 6.54 Å². The summed E-state index contributed by atoms with van der Waals surface area (Å²) < 4.78 is 15.4. The van der Waals surface area contributed by atoms with Crippen LogP contribution in [0.3, 0.4) is 0 Å². The molecule has 19 heavy (non-hydrogen) atoms. The molecule has 0 saturated heterocycles. The summed E-state index contributed by atoms with van der Waals surface area (Å²) in [6, 6.07) is 7.56. The maximum absolute atomic E-state index is 13.4. The van der Waals surface area contributed by atoms with Crippen LogP contribution in [0.5, 0.6) is 0 Å². The fourth-order valence-corrected chi connectivity index (χ4v) is 1.80. The Morgan fingerprint density at radius 3 is 2.84 bits per heavy atom. The molecule has 0 fully saturated rings. The van der Waals surface area contributed by atoms with Crippen LogP contribution in [0.4, 0.5) is 10.1 Å². The summed E-state index contributed by atoms with van der Waals surface area (Å²) in [5.74, 6) is -0.185. The van der Waals surface area contributed by atoms with Gasteiger partial charge in [0, 0.05) is 17.9 Å². The first-order valence-electron chi connectivity index (χ1n) is 6.64. The monoisotopic (exact) mass is 261 g/mol. The van der Waals surface area contributed by atoms with Gasteiger partial charge in [-0.3, -0.25) is 4.68 Å². The van der Waals surface area contributed by atoms with E-state index in [0.29, 0.717) is 18.2 Å². The molecule has 1 unspecified atom stereocenters. The number of aromatic nitrogens is 2. The molecule has 2 aromatic rings. The second-order valence-electron chi connectivity index (χ2n) is 4.86. The Bertz CT molecular complexity index is 548. The number of hydrogen-bond acceptors (Lipinski definition) is 2. The van der Waals surface area contributed by atoms with Crippen molar-refractivity contribution in [3.63, 3.8) is 0 Å². The predicted molar refractivity (Wildman–Crippen MR) is 75.7 cm³/mol. The van der Waals surface area contributed by atoms with E-state index in [2.05, 4.69) is 24.3 Å². The third-order valence-electron chi connectivity index (χ3n) is 3.35. The van der Waals surface area contributed by atoms with E-state index >= 15 is 0 Å². The van der Waals surface area contributed by atoms with Crippen LogP contribution in [-0.4, -0.2) is 9.78 Å². The summed E-state index contributed by atoms with van der Waals surface area (Å²) in [7, 11) is 0. The lowest BCUT2D eigenvalue weighted by atomic mass is 10.2. The van der Waals surface area contributed by atoms with E-state index in [1.54, 1.807) is 13.0 Å². The van der Waals surface area contributed by atoms with Gasteiger partial charge in [0.05, 0.1) is 12.2 Å². The number of halogens is 1. The number of benzene rings is 1. The summed E-state index contributed by atoms with van der Waals surface area (Å²) >= 11 is 0. The summed E-state index contributed by atoms with van der Waals surface area (Å²) in [5.41, 5.74) is 2.40. The molecule has 0 saturated carbocycles. The predicted octanol–water partition coefficient (Wildman–Crippen LogP) is 3.91. The van der Waals surface area contributed by atoms with E-state index in [1.807, 2.05) is 23.0 Å². The minimum Gasteiger partial charge on any atom is -0.379 e. The van der Waals surface area contributed by atoms with Crippen LogP contribution in [0.1, 0.15) is 37.6 Å². The van der Waals surface area contributed by atoms with Gasteiger partial charge in [-0.1, -0.05) is 13.0 Å². The topological polar surface area (TPSA) is 29.9 Å². The van der Waals surface area contributed by atoms with Gasteiger partial charge in [0.1, 0.15) is 5.82 Å². The summed E-state index contributed by atoms with van der Waals surface area (Å²) in [5, 5.41) is 7.68. The van der Waals surface area contributed by atoms with Gasteiger partial charge in [-0.25, -0.2) is 4.39 Å². The van der Waals surface area contributed by atoms with Crippen molar-refractivity contribution < 1.29 is 4.39 Å². The number of anilines is 1. The standard InChI is InChI=1S/C15H20FN3/c1-4-12(3)19-8-7-14(18-19)10-17-13-6-5-11(2)15(16)9-13/h5-9,12,17H,4,10H2,1-3H3. The van der Waals surface area contributed by atoms with Gasteiger partial charge in [-0.15, -0.1) is 0 Å². The lowest BCUT2D eigenvalue weighted by Crippen LogP contribution is -2.06. The molecule has 0 amide bonds.